The van der Waals surface area contributed by atoms with Gasteiger partial charge in [0.1, 0.15) is 6.10 Å². The molecule has 1 saturated heterocycles. The standard InChI is InChI=1S/C16H21NO4/c1-10(2)14-13(15(18)20-4)17(16(19)21-14)9-12-7-5-11(3)6-8-12/h5-8,10,13-14H,9H2,1-4H3/t13-,14+/m1/s1. The summed E-state index contributed by atoms with van der Waals surface area (Å²) in [7, 11) is 1.33. The summed E-state index contributed by atoms with van der Waals surface area (Å²) < 4.78 is 10.2. The Morgan fingerprint density at radius 1 is 1.33 bits per heavy atom. The number of nitrogens with zero attached hydrogens (tertiary/aromatic N) is 1. The summed E-state index contributed by atoms with van der Waals surface area (Å²) in [6.07, 6.45) is -0.944. The van der Waals surface area contributed by atoms with Gasteiger partial charge in [-0.15, -0.1) is 0 Å². The minimum atomic E-state index is -0.691. The Hall–Kier alpha value is -2.04. The first-order valence-electron chi connectivity index (χ1n) is 7.04. The molecule has 114 valence electrons. The van der Waals surface area contributed by atoms with Crippen molar-refractivity contribution >= 4 is 12.1 Å². The molecule has 1 aromatic rings. The van der Waals surface area contributed by atoms with Gasteiger partial charge in [-0.2, -0.15) is 0 Å². The highest BCUT2D eigenvalue weighted by molar-refractivity contribution is 5.85. The average molecular weight is 291 g/mol. The van der Waals surface area contributed by atoms with Gasteiger partial charge in [0.2, 0.25) is 0 Å². The molecule has 1 aliphatic heterocycles. The minimum absolute atomic E-state index is 0.0427. The second-order valence-corrected chi connectivity index (χ2v) is 5.67. The summed E-state index contributed by atoms with van der Waals surface area (Å²) in [6, 6.07) is 7.15. The first kappa shape index (κ1) is 15.4. The number of cyclic esters (lactones) is 1. The van der Waals surface area contributed by atoms with Crippen molar-refractivity contribution in [3.8, 4) is 0 Å². The molecule has 0 radical (unpaired) electrons. The number of esters is 1. The fourth-order valence-corrected chi connectivity index (χ4v) is 2.48. The molecule has 0 spiro atoms. The molecule has 5 nitrogen and oxygen atoms in total. The number of carbonyl (C=O) groups is 2. The summed E-state index contributed by atoms with van der Waals surface area (Å²) in [5, 5.41) is 0. The van der Waals surface area contributed by atoms with Crippen LogP contribution >= 0.6 is 0 Å². The van der Waals surface area contributed by atoms with E-state index in [0.717, 1.165) is 11.1 Å². The quantitative estimate of drug-likeness (QED) is 0.800. The van der Waals surface area contributed by atoms with Gasteiger partial charge in [-0.3, -0.25) is 4.90 Å². The van der Waals surface area contributed by atoms with Crippen LogP contribution < -0.4 is 0 Å². The molecule has 0 aromatic heterocycles. The summed E-state index contributed by atoms with van der Waals surface area (Å²) in [4.78, 5) is 25.6. The van der Waals surface area contributed by atoms with Gasteiger partial charge in [0.25, 0.3) is 0 Å². The molecule has 0 unspecified atom stereocenters. The number of aryl methyl sites for hydroxylation is 1. The van der Waals surface area contributed by atoms with E-state index in [1.165, 1.54) is 12.0 Å². The highest BCUT2D eigenvalue weighted by atomic mass is 16.6. The third-order valence-electron chi connectivity index (χ3n) is 3.69. The number of carbonyl (C=O) groups excluding carboxylic acids is 2. The molecule has 0 aliphatic carbocycles. The number of hydrogen-bond acceptors (Lipinski definition) is 4. The maximum atomic E-state index is 12.1. The summed E-state index contributed by atoms with van der Waals surface area (Å²) in [6.45, 7) is 6.18. The predicted octanol–water partition coefficient (Wildman–Crippen LogP) is 2.51. The Labute approximate surface area is 124 Å². The Kier molecular flexibility index (Phi) is 4.50. The first-order chi connectivity index (χ1) is 9.93. The van der Waals surface area contributed by atoms with Crippen molar-refractivity contribution in [3.05, 3.63) is 35.4 Å². The van der Waals surface area contributed by atoms with Crippen LogP contribution in [0.2, 0.25) is 0 Å². The first-order valence-corrected chi connectivity index (χ1v) is 7.04. The Morgan fingerprint density at radius 3 is 2.48 bits per heavy atom. The zero-order chi connectivity index (χ0) is 15.6. The van der Waals surface area contributed by atoms with E-state index < -0.39 is 24.2 Å². The van der Waals surface area contributed by atoms with Gasteiger partial charge in [-0.05, 0) is 18.4 Å². The van der Waals surface area contributed by atoms with Gasteiger partial charge in [0, 0.05) is 0 Å². The van der Waals surface area contributed by atoms with Crippen molar-refractivity contribution in [2.24, 2.45) is 5.92 Å². The van der Waals surface area contributed by atoms with E-state index in [2.05, 4.69) is 0 Å². The molecular formula is C16H21NO4. The second-order valence-electron chi connectivity index (χ2n) is 5.67. The van der Waals surface area contributed by atoms with Gasteiger partial charge in [0.15, 0.2) is 6.04 Å². The van der Waals surface area contributed by atoms with Crippen molar-refractivity contribution < 1.29 is 19.1 Å². The largest absolute Gasteiger partial charge is 0.467 e. The Morgan fingerprint density at radius 2 is 1.95 bits per heavy atom. The topological polar surface area (TPSA) is 55.8 Å². The third kappa shape index (κ3) is 3.17. The Bertz CT molecular complexity index is 524. The SMILES string of the molecule is COC(=O)[C@H]1[C@H](C(C)C)OC(=O)N1Cc1ccc(C)cc1. The molecule has 0 saturated carbocycles. The molecule has 0 N–H and O–H groups in total. The maximum Gasteiger partial charge on any atom is 0.411 e. The number of hydrogen-bond donors (Lipinski definition) is 0. The van der Waals surface area contributed by atoms with E-state index in [4.69, 9.17) is 9.47 Å². The normalized spacial score (nSPS) is 21.6. The monoisotopic (exact) mass is 291 g/mol. The van der Waals surface area contributed by atoms with Gasteiger partial charge in [-0.1, -0.05) is 43.7 Å². The van der Waals surface area contributed by atoms with Gasteiger partial charge < -0.3 is 9.47 Å². The molecule has 1 aliphatic rings. The van der Waals surface area contributed by atoms with Crippen LogP contribution in [0.5, 0.6) is 0 Å². The molecule has 2 atom stereocenters. The molecule has 1 fully saturated rings. The average Bonchev–Trinajstić information content (AvgIpc) is 2.78. The van der Waals surface area contributed by atoms with Crippen molar-refractivity contribution in [1.29, 1.82) is 0 Å². The van der Waals surface area contributed by atoms with Gasteiger partial charge >= 0.3 is 12.1 Å². The molecule has 21 heavy (non-hydrogen) atoms. The highest BCUT2D eigenvalue weighted by Gasteiger charge is 2.48. The smallest absolute Gasteiger partial charge is 0.411 e. The molecule has 2 rings (SSSR count). The minimum Gasteiger partial charge on any atom is -0.467 e. The summed E-state index contributed by atoms with van der Waals surface area (Å²) in [5.41, 5.74) is 2.10. The zero-order valence-corrected chi connectivity index (χ0v) is 12.8. The van der Waals surface area contributed by atoms with Gasteiger partial charge in [0.05, 0.1) is 13.7 Å². The van der Waals surface area contributed by atoms with Crippen LogP contribution in [0.15, 0.2) is 24.3 Å². The lowest BCUT2D eigenvalue weighted by Gasteiger charge is -2.24. The van der Waals surface area contributed by atoms with Crippen LogP contribution in [0.1, 0.15) is 25.0 Å². The van der Waals surface area contributed by atoms with Gasteiger partial charge in [-0.25, -0.2) is 9.59 Å². The van der Waals surface area contributed by atoms with E-state index in [1.807, 2.05) is 45.0 Å². The van der Waals surface area contributed by atoms with Crippen LogP contribution in [0, 0.1) is 12.8 Å². The number of methoxy groups -OCH3 is 1. The third-order valence-corrected chi connectivity index (χ3v) is 3.69. The van der Waals surface area contributed by atoms with E-state index in [9.17, 15) is 9.59 Å². The lowest BCUT2D eigenvalue weighted by molar-refractivity contribution is -0.147. The number of rotatable bonds is 4. The fraction of sp³-hybridized carbons (Fsp3) is 0.500. The van der Waals surface area contributed by atoms with Crippen LogP contribution in [-0.2, 0) is 20.8 Å². The van der Waals surface area contributed by atoms with Crippen molar-refractivity contribution in [3.63, 3.8) is 0 Å². The molecule has 1 aromatic carbocycles. The van der Waals surface area contributed by atoms with Crippen LogP contribution in [0.3, 0.4) is 0 Å². The Balaban J connectivity index is 2.24. The summed E-state index contributed by atoms with van der Waals surface area (Å²) in [5.74, 6) is -0.396. The zero-order valence-electron chi connectivity index (χ0n) is 12.8. The van der Waals surface area contributed by atoms with Crippen LogP contribution in [0.4, 0.5) is 4.79 Å². The number of amides is 1. The van der Waals surface area contributed by atoms with E-state index in [0.29, 0.717) is 6.54 Å². The predicted molar refractivity (Wildman–Crippen MR) is 77.6 cm³/mol. The van der Waals surface area contributed by atoms with E-state index >= 15 is 0 Å². The van der Waals surface area contributed by atoms with E-state index in [-0.39, 0.29) is 5.92 Å². The fourth-order valence-electron chi connectivity index (χ4n) is 2.48. The van der Waals surface area contributed by atoms with Crippen molar-refractivity contribution in [1.82, 2.24) is 4.90 Å². The highest BCUT2D eigenvalue weighted by Crippen LogP contribution is 2.27. The molecule has 5 heteroatoms. The summed E-state index contributed by atoms with van der Waals surface area (Å²) >= 11 is 0. The lowest BCUT2D eigenvalue weighted by Crippen LogP contribution is -2.44. The van der Waals surface area contributed by atoms with Crippen LogP contribution in [-0.4, -0.2) is 36.2 Å². The van der Waals surface area contributed by atoms with Crippen LogP contribution in [0.25, 0.3) is 0 Å². The lowest BCUT2D eigenvalue weighted by atomic mass is 9.99. The number of ether oxygens (including phenoxy) is 2. The second kappa shape index (κ2) is 6.16. The van der Waals surface area contributed by atoms with Crippen molar-refractivity contribution in [2.75, 3.05) is 7.11 Å². The maximum absolute atomic E-state index is 12.1. The number of benzene rings is 1. The van der Waals surface area contributed by atoms with E-state index in [1.54, 1.807) is 0 Å². The molecular weight excluding hydrogens is 270 g/mol. The molecule has 0 bridgehead atoms. The van der Waals surface area contributed by atoms with Crippen molar-refractivity contribution in [2.45, 2.75) is 39.5 Å². The molecule has 1 heterocycles. The molecule has 1 amide bonds.